The highest BCUT2D eigenvalue weighted by Crippen LogP contribution is 2.13. The summed E-state index contributed by atoms with van der Waals surface area (Å²) in [4.78, 5) is 10.8. The summed E-state index contributed by atoms with van der Waals surface area (Å²) in [7, 11) is 0. The third-order valence-electron chi connectivity index (χ3n) is 2.85. The topological polar surface area (TPSA) is 55.8 Å². The lowest BCUT2D eigenvalue weighted by atomic mass is 10.1. The fourth-order valence-corrected chi connectivity index (χ4v) is 1.77. The third-order valence-corrected chi connectivity index (χ3v) is 2.85. The van der Waals surface area contributed by atoms with Gasteiger partial charge in [-0.1, -0.05) is 19.9 Å². The molecule has 1 aromatic carbocycles. The van der Waals surface area contributed by atoms with E-state index in [1.165, 1.54) is 12.5 Å². The summed E-state index contributed by atoms with van der Waals surface area (Å²) >= 11 is 0. The number of hydrogen-bond donors (Lipinski definition) is 1. The molecule has 0 heterocycles. The van der Waals surface area contributed by atoms with Crippen LogP contribution in [0, 0.1) is 5.92 Å². The molecule has 0 unspecified atom stereocenters. The number of carbonyl (C=O) groups is 1. The average Bonchev–Trinajstić information content (AvgIpc) is 2.41. The van der Waals surface area contributed by atoms with Crippen LogP contribution in [0.5, 0.6) is 5.75 Å². The van der Waals surface area contributed by atoms with Gasteiger partial charge in [-0.25, -0.2) is 4.79 Å². The minimum Gasteiger partial charge on any atom is -0.493 e. The van der Waals surface area contributed by atoms with Crippen molar-refractivity contribution in [3.8, 4) is 5.75 Å². The monoisotopic (exact) mass is 280 g/mol. The Balaban J connectivity index is 2.09. The lowest BCUT2D eigenvalue weighted by Gasteiger charge is -2.08. The Kier molecular flexibility index (Phi) is 7.73. The predicted octanol–water partition coefficient (Wildman–Crippen LogP) is 3.61. The van der Waals surface area contributed by atoms with Gasteiger partial charge in [-0.05, 0) is 37.0 Å². The van der Waals surface area contributed by atoms with E-state index in [-0.39, 0.29) is 5.56 Å². The first-order valence-electron chi connectivity index (χ1n) is 7.13. The van der Waals surface area contributed by atoms with Gasteiger partial charge in [0.2, 0.25) is 0 Å². The minimum atomic E-state index is -0.941. The van der Waals surface area contributed by atoms with Crippen LogP contribution in [0.25, 0.3) is 0 Å². The van der Waals surface area contributed by atoms with Gasteiger partial charge in [0.1, 0.15) is 5.75 Å². The van der Waals surface area contributed by atoms with Crippen LogP contribution in [-0.4, -0.2) is 30.9 Å². The van der Waals surface area contributed by atoms with Gasteiger partial charge in [0.15, 0.2) is 0 Å². The molecule has 0 radical (unpaired) electrons. The quantitative estimate of drug-likeness (QED) is 0.665. The first kappa shape index (κ1) is 16.5. The van der Waals surface area contributed by atoms with Gasteiger partial charge < -0.3 is 14.6 Å². The number of ether oxygens (including phenoxy) is 2. The Bertz CT molecular complexity index is 401. The van der Waals surface area contributed by atoms with Gasteiger partial charge >= 0.3 is 5.97 Å². The van der Waals surface area contributed by atoms with E-state index in [0.717, 1.165) is 25.4 Å². The number of aromatic carboxylic acids is 1. The van der Waals surface area contributed by atoms with Crippen molar-refractivity contribution in [2.75, 3.05) is 19.8 Å². The second-order valence-electron chi connectivity index (χ2n) is 5.18. The highest BCUT2D eigenvalue weighted by Gasteiger charge is 2.03. The molecular formula is C16H24O4. The largest absolute Gasteiger partial charge is 0.493 e. The standard InChI is InChI=1S/C16H24O4/c1-13(2)6-4-9-19-10-5-11-20-15-8-3-7-14(12-15)16(17)18/h3,7-8,12-13H,4-6,9-11H2,1-2H3,(H,17,18). The molecule has 0 aromatic heterocycles. The van der Waals surface area contributed by atoms with Gasteiger partial charge in [-0.3, -0.25) is 0 Å². The molecule has 0 saturated heterocycles. The SMILES string of the molecule is CC(C)CCCOCCCOc1cccc(C(=O)O)c1. The molecule has 1 aromatic rings. The van der Waals surface area contributed by atoms with E-state index in [0.29, 0.717) is 19.0 Å². The van der Waals surface area contributed by atoms with Crippen molar-refractivity contribution in [1.82, 2.24) is 0 Å². The van der Waals surface area contributed by atoms with Crippen LogP contribution in [0.3, 0.4) is 0 Å². The van der Waals surface area contributed by atoms with E-state index in [1.807, 2.05) is 0 Å². The lowest BCUT2D eigenvalue weighted by molar-refractivity contribution is 0.0696. The molecule has 0 fully saturated rings. The molecule has 0 atom stereocenters. The van der Waals surface area contributed by atoms with Crippen LogP contribution in [0.4, 0.5) is 0 Å². The van der Waals surface area contributed by atoms with Crippen LogP contribution in [0.2, 0.25) is 0 Å². The van der Waals surface area contributed by atoms with Crippen molar-refractivity contribution in [1.29, 1.82) is 0 Å². The molecular weight excluding hydrogens is 256 g/mol. The second kappa shape index (κ2) is 9.37. The van der Waals surface area contributed by atoms with Crippen molar-refractivity contribution in [3.63, 3.8) is 0 Å². The molecule has 0 aliphatic rings. The summed E-state index contributed by atoms with van der Waals surface area (Å²) in [6, 6.07) is 6.52. The molecule has 0 bridgehead atoms. The molecule has 112 valence electrons. The Labute approximate surface area is 120 Å². The van der Waals surface area contributed by atoms with Crippen LogP contribution in [-0.2, 0) is 4.74 Å². The number of rotatable bonds is 10. The summed E-state index contributed by atoms with van der Waals surface area (Å²) in [5, 5.41) is 8.86. The van der Waals surface area contributed by atoms with Gasteiger partial charge in [0, 0.05) is 19.6 Å². The van der Waals surface area contributed by atoms with E-state index < -0.39 is 5.97 Å². The van der Waals surface area contributed by atoms with Crippen molar-refractivity contribution in [3.05, 3.63) is 29.8 Å². The van der Waals surface area contributed by atoms with Gasteiger partial charge in [-0.2, -0.15) is 0 Å². The van der Waals surface area contributed by atoms with Crippen molar-refractivity contribution >= 4 is 5.97 Å². The van der Waals surface area contributed by atoms with Crippen LogP contribution < -0.4 is 4.74 Å². The molecule has 0 aliphatic carbocycles. The molecule has 4 nitrogen and oxygen atoms in total. The van der Waals surface area contributed by atoms with E-state index in [4.69, 9.17) is 14.6 Å². The number of carboxylic acid groups (broad SMARTS) is 1. The zero-order valence-corrected chi connectivity index (χ0v) is 12.3. The van der Waals surface area contributed by atoms with E-state index in [9.17, 15) is 4.79 Å². The second-order valence-corrected chi connectivity index (χ2v) is 5.18. The zero-order chi connectivity index (χ0) is 14.8. The van der Waals surface area contributed by atoms with Crippen LogP contribution in [0.15, 0.2) is 24.3 Å². The molecule has 0 spiro atoms. The van der Waals surface area contributed by atoms with Gasteiger partial charge in [-0.15, -0.1) is 0 Å². The lowest BCUT2D eigenvalue weighted by Crippen LogP contribution is -2.05. The summed E-state index contributed by atoms with van der Waals surface area (Å²) in [6.45, 7) is 6.43. The fourth-order valence-electron chi connectivity index (χ4n) is 1.77. The first-order chi connectivity index (χ1) is 9.59. The Hall–Kier alpha value is -1.55. The van der Waals surface area contributed by atoms with Crippen LogP contribution in [0.1, 0.15) is 43.5 Å². The average molecular weight is 280 g/mol. The number of benzene rings is 1. The van der Waals surface area contributed by atoms with E-state index >= 15 is 0 Å². The molecule has 0 amide bonds. The zero-order valence-electron chi connectivity index (χ0n) is 12.3. The van der Waals surface area contributed by atoms with Crippen LogP contribution >= 0.6 is 0 Å². The Morgan fingerprint density at radius 2 is 1.95 bits per heavy atom. The molecule has 4 heteroatoms. The highest BCUT2D eigenvalue weighted by atomic mass is 16.5. The first-order valence-corrected chi connectivity index (χ1v) is 7.13. The molecule has 1 rings (SSSR count). The Morgan fingerprint density at radius 3 is 2.65 bits per heavy atom. The summed E-state index contributed by atoms with van der Waals surface area (Å²) < 4.78 is 11.0. The smallest absolute Gasteiger partial charge is 0.335 e. The summed E-state index contributed by atoms with van der Waals surface area (Å²) in [6.07, 6.45) is 3.09. The van der Waals surface area contributed by atoms with Crippen molar-refractivity contribution in [2.24, 2.45) is 5.92 Å². The maximum absolute atomic E-state index is 10.8. The fraction of sp³-hybridized carbons (Fsp3) is 0.562. The van der Waals surface area contributed by atoms with E-state index in [2.05, 4.69) is 13.8 Å². The molecule has 0 saturated carbocycles. The normalized spacial score (nSPS) is 10.8. The summed E-state index contributed by atoms with van der Waals surface area (Å²) in [5.41, 5.74) is 0.243. The maximum atomic E-state index is 10.8. The number of carboxylic acids is 1. The minimum absolute atomic E-state index is 0.243. The molecule has 0 aliphatic heterocycles. The van der Waals surface area contributed by atoms with E-state index in [1.54, 1.807) is 18.2 Å². The third kappa shape index (κ3) is 7.14. The summed E-state index contributed by atoms with van der Waals surface area (Å²) in [5.74, 6) is 0.372. The highest BCUT2D eigenvalue weighted by molar-refractivity contribution is 5.87. The molecule has 20 heavy (non-hydrogen) atoms. The molecule has 1 N–H and O–H groups in total. The Morgan fingerprint density at radius 1 is 1.20 bits per heavy atom. The van der Waals surface area contributed by atoms with Gasteiger partial charge in [0.05, 0.1) is 12.2 Å². The van der Waals surface area contributed by atoms with Crippen molar-refractivity contribution in [2.45, 2.75) is 33.1 Å². The maximum Gasteiger partial charge on any atom is 0.335 e. The predicted molar refractivity (Wildman–Crippen MR) is 78.4 cm³/mol. The van der Waals surface area contributed by atoms with Crippen molar-refractivity contribution < 1.29 is 19.4 Å². The van der Waals surface area contributed by atoms with Gasteiger partial charge in [0.25, 0.3) is 0 Å². The number of hydrogen-bond acceptors (Lipinski definition) is 3.